The SMILES string of the molecule is Cc1cc(C(=O)N2CCCCC2(C)C(=O)O)c(C)s1. The minimum absolute atomic E-state index is 0.147. The van der Waals surface area contributed by atoms with E-state index < -0.39 is 11.5 Å². The lowest BCUT2D eigenvalue weighted by Crippen LogP contribution is -2.57. The van der Waals surface area contributed by atoms with Crippen LogP contribution in [0, 0.1) is 13.8 Å². The summed E-state index contributed by atoms with van der Waals surface area (Å²) in [6.45, 7) is 6.05. The topological polar surface area (TPSA) is 57.6 Å². The molecule has 1 aromatic rings. The highest BCUT2D eigenvalue weighted by atomic mass is 32.1. The molecule has 1 atom stereocenters. The first-order valence-corrected chi connectivity index (χ1v) is 7.30. The molecule has 1 aromatic heterocycles. The number of carboxylic acids is 1. The number of aliphatic carboxylic acids is 1. The van der Waals surface area contributed by atoms with Crippen LogP contribution in [0.3, 0.4) is 0 Å². The van der Waals surface area contributed by atoms with E-state index in [0.29, 0.717) is 18.5 Å². The Morgan fingerprint density at radius 3 is 2.58 bits per heavy atom. The summed E-state index contributed by atoms with van der Waals surface area (Å²) in [6, 6.07) is 1.86. The Balaban J connectivity index is 2.36. The van der Waals surface area contributed by atoms with Crippen molar-refractivity contribution in [3.63, 3.8) is 0 Å². The molecule has 2 heterocycles. The van der Waals surface area contributed by atoms with Gasteiger partial charge in [0.1, 0.15) is 5.54 Å². The van der Waals surface area contributed by atoms with Crippen LogP contribution in [-0.2, 0) is 4.79 Å². The van der Waals surface area contributed by atoms with Crippen molar-refractivity contribution >= 4 is 23.2 Å². The fourth-order valence-corrected chi connectivity index (χ4v) is 3.57. The van der Waals surface area contributed by atoms with E-state index in [9.17, 15) is 14.7 Å². The van der Waals surface area contributed by atoms with Crippen molar-refractivity contribution in [3.05, 3.63) is 21.4 Å². The van der Waals surface area contributed by atoms with E-state index in [1.807, 2.05) is 19.9 Å². The lowest BCUT2D eigenvalue weighted by atomic mass is 9.88. The van der Waals surface area contributed by atoms with Crippen molar-refractivity contribution in [3.8, 4) is 0 Å². The van der Waals surface area contributed by atoms with Gasteiger partial charge in [-0.25, -0.2) is 4.79 Å². The van der Waals surface area contributed by atoms with E-state index in [1.165, 1.54) is 4.90 Å². The minimum Gasteiger partial charge on any atom is -0.480 e. The van der Waals surface area contributed by atoms with Crippen LogP contribution in [0.25, 0.3) is 0 Å². The van der Waals surface area contributed by atoms with Gasteiger partial charge >= 0.3 is 5.97 Å². The first-order valence-electron chi connectivity index (χ1n) is 6.48. The zero-order chi connectivity index (χ0) is 14.2. The van der Waals surface area contributed by atoms with Crippen molar-refractivity contribution in [2.75, 3.05) is 6.54 Å². The maximum absolute atomic E-state index is 12.6. The highest BCUT2D eigenvalue weighted by Gasteiger charge is 2.44. The second kappa shape index (κ2) is 4.96. The number of hydrogen-bond donors (Lipinski definition) is 1. The predicted molar refractivity (Wildman–Crippen MR) is 74.7 cm³/mol. The van der Waals surface area contributed by atoms with Crippen LogP contribution >= 0.6 is 11.3 Å². The molecule has 104 valence electrons. The third-order valence-corrected chi connectivity index (χ3v) is 4.83. The summed E-state index contributed by atoms with van der Waals surface area (Å²) < 4.78 is 0. The predicted octanol–water partition coefficient (Wildman–Crippen LogP) is 2.83. The van der Waals surface area contributed by atoms with E-state index in [-0.39, 0.29) is 5.91 Å². The summed E-state index contributed by atoms with van der Waals surface area (Å²) in [4.78, 5) is 27.7. The number of amides is 1. The first-order chi connectivity index (χ1) is 8.86. The van der Waals surface area contributed by atoms with Gasteiger partial charge in [-0.1, -0.05) is 0 Å². The fourth-order valence-electron chi connectivity index (χ4n) is 2.66. The lowest BCUT2D eigenvalue weighted by Gasteiger charge is -2.41. The number of likely N-dealkylation sites (tertiary alicyclic amines) is 1. The number of carbonyl (C=O) groups is 2. The second-order valence-electron chi connectivity index (χ2n) is 5.32. The van der Waals surface area contributed by atoms with Crippen LogP contribution in [-0.4, -0.2) is 34.0 Å². The average Bonchev–Trinajstić information content (AvgIpc) is 2.68. The number of piperidine rings is 1. The molecule has 0 bridgehead atoms. The van der Waals surface area contributed by atoms with E-state index in [0.717, 1.165) is 22.6 Å². The highest BCUT2D eigenvalue weighted by Crippen LogP contribution is 2.31. The molecule has 1 fully saturated rings. The van der Waals surface area contributed by atoms with Crippen LogP contribution in [0.2, 0.25) is 0 Å². The molecule has 1 saturated heterocycles. The summed E-state index contributed by atoms with van der Waals surface area (Å²) in [5.74, 6) is -1.06. The number of thiophene rings is 1. The van der Waals surface area contributed by atoms with Crippen LogP contribution < -0.4 is 0 Å². The Bertz CT molecular complexity index is 523. The maximum Gasteiger partial charge on any atom is 0.329 e. The third kappa shape index (κ3) is 2.39. The molecule has 5 heteroatoms. The average molecular weight is 281 g/mol. The Hall–Kier alpha value is -1.36. The smallest absolute Gasteiger partial charge is 0.329 e. The monoisotopic (exact) mass is 281 g/mol. The number of hydrogen-bond acceptors (Lipinski definition) is 3. The largest absolute Gasteiger partial charge is 0.480 e. The van der Waals surface area contributed by atoms with Gasteiger partial charge in [0.05, 0.1) is 5.56 Å². The molecule has 1 aliphatic heterocycles. The van der Waals surface area contributed by atoms with Crippen LogP contribution in [0.15, 0.2) is 6.07 Å². The van der Waals surface area contributed by atoms with Gasteiger partial charge in [-0.15, -0.1) is 11.3 Å². The van der Waals surface area contributed by atoms with Crippen molar-refractivity contribution in [1.82, 2.24) is 4.90 Å². The zero-order valence-corrected chi connectivity index (χ0v) is 12.3. The van der Waals surface area contributed by atoms with Gasteiger partial charge in [-0.2, -0.15) is 0 Å². The van der Waals surface area contributed by atoms with Crippen LogP contribution in [0.4, 0.5) is 0 Å². The third-order valence-electron chi connectivity index (χ3n) is 3.87. The lowest BCUT2D eigenvalue weighted by molar-refractivity contribution is -0.150. The fraction of sp³-hybridized carbons (Fsp3) is 0.571. The number of aryl methyl sites for hydroxylation is 2. The van der Waals surface area contributed by atoms with Crippen LogP contribution in [0.1, 0.15) is 46.3 Å². The summed E-state index contributed by atoms with van der Waals surface area (Å²) in [6.07, 6.45) is 2.25. The van der Waals surface area contributed by atoms with Crippen molar-refractivity contribution in [2.24, 2.45) is 0 Å². The Morgan fingerprint density at radius 2 is 2.05 bits per heavy atom. The molecule has 4 nitrogen and oxygen atoms in total. The molecule has 0 spiro atoms. The molecular formula is C14H19NO3S. The summed E-state index contributed by atoms with van der Waals surface area (Å²) in [5.41, 5.74) is -0.422. The standard InChI is InChI=1S/C14H19NO3S/c1-9-8-11(10(2)19-9)12(16)15-7-5-4-6-14(15,3)13(17)18/h8H,4-7H2,1-3H3,(H,17,18). The molecule has 1 amide bonds. The van der Waals surface area contributed by atoms with Gasteiger partial charge in [0.15, 0.2) is 0 Å². The molecule has 1 aliphatic rings. The van der Waals surface area contributed by atoms with Gasteiger partial charge in [0, 0.05) is 16.3 Å². The molecule has 0 radical (unpaired) electrons. The normalized spacial score (nSPS) is 23.4. The minimum atomic E-state index is -1.07. The van der Waals surface area contributed by atoms with Gasteiger partial charge in [0.2, 0.25) is 0 Å². The zero-order valence-electron chi connectivity index (χ0n) is 11.5. The summed E-state index contributed by atoms with van der Waals surface area (Å²) >= 11 is 1.58. The van der Waals surface area contributed by atoms with E-state index in [4.69, 9.17) is 0 Å². The summed E-state index contributed by atoms with van der Waals surface area (Å²) in [5, 5.41) is 9.45. The quantitative estimate of drug-likeness (QED) is 0.907. The van der Waals surface area contributed by atoms with Crippen molar-refractivity contribution in [2.45, 2.75) is 45.6 Å². The molecule has 19 heavy (non-hydrogen) atoms. The van der Waals surface area contributed by atoms with Gasteiger partial charge in [-0.05, 0) is 46.1 Å². The maximum atomic E-state index is 12.6. The number of rotatable bonds is 2. The van der Waals surface area contributed by atoms with Crippen molar-refractivity contribution in [1.29, 1.82) is 0 Å². The molecular weight excluding hydrogens is 262 g/mol. The van der Waals surface area contributed by atoms with Gasteiger partial charge in [-0.3, -0.25) is 4.79 Å². The number of carbonyl (C=O) groups excluding carboxylic acids is 1. The molecule has 0 aliphatic carbocycles. The first kappa shape index (κ1) is 14.1. The van der Waals surface area contributed by atoms with E-state index >= 15 is 0 Å². The number of nitrogens with zero attached hydrogens (tertiary/aromatic N) is 1. The van der Waals surface area contributed by atoms with E-state index in [1.54, 1.807) is 18.3 Å². The van der Waals surface area contributed by atoms with Gasteiger partial charge in [0.25, 0.3) is 5.91 Å². The molecule has 1 unspecified atom stereocenters. The second-order valence-corrected chi connectivity index (χ2v) is 6.78. The molecule has 0 saturated carbocycles. The highest BCUT2D eigenvalue weighted by molar-refractivity contribution is 7.12. The molecule has 1 N–H and O–H groups in total. The van der Waals surface area contributed by atoms with E-state index in [2.05, 4.69) is 0 Å². The molecule has 0 aromatic carbocycles. The van der Waals surface area contributed by atoms with Gasteiger partial charge < -0.3 is 10.0 Å². The summed E-state index contributed by atoms with van der Waals surface area (Å²) in [7, 11) is 0. The van der Waals surface area contributed by atoms with Crippen LogP contribution in [0.5, 0.6) is 0 Å². The Morgan fingerprint density at radius 1 is 1.37 bits per heavy atom. The number of carboxylic acid groups (broad SMARTS) is 1. The molecule has 2 rings (SSSR count). The van der Waals surface area contributed by atoms with Crippen molar-refractivity contribution < 1.29 is 14.7 Å². The Labute approximate surface area is 117 Å². The Kier molecular flexibility index (Phi) is 3.67.